The molecule has 0 spiro atoms. The molecule has 0 aromatic rings. The van der Waals surface area contributed by atoms with Crippen molar-refractivity contribution in [1.29, 1.82) is 0 Å². The SMILES string of the molecule is CNC(C)C1=CCN(C)C(NCC(C)C)=C1. The number of rotatable bonds is 5. The first-order chi connectivity index (χ1) is 7.54. The van der Waals surface area contributed by atoms with Crippen LogP contribution in [0.5, 0.6) is 0 Å². The van der Waals surface area contributed by atoms with Crippen LogP contribution in [-0.2, 0) is 0 Å². The van der Waals surface area contributed by atoms with Gasteiger partial charge in [0.25, 0.3) is 0 Å². The Kier molecular flexibility index (Phi) is 4.87. The molecule has 1 aliphatic rings. The molecular formula is C13H25N3. The zero-order chi connectivity index (χ0) is 12.1. The Morgan fingerprint density at radius 1 is 1.38 bits per heavy atom. The van der Waals surface area contributed by atoms with E-state index < -0.39 is 0 Å². The molecule has 0 amide bonds. The Bertz CT molecular complexity index is 279. The van der Waals surface area contributed by atoms with Crippen molar-refractivity contribution in [3.8, 4) is 0 Å². The molecule has 1 rings (SSSR count). The third kappa shape index (κ3) is 3.56. The van der Waals surface area contributed by atoms with Crippen LogP contribution in [0.2, 0.25) is 0 Å². The van der Waals surface area contributed by atoms with E-state index in [1.54, 1.807) is 0 Å². The first-order valence-electron chi connectivity index (χ1n) is 6.08. The second kappa shape index (κ2) is 5.94. The van der Waals surface area contributed by atoms with Gasteiger partial charge in [0.2, 0.25) is 0 Å². The molecule has 16 heavy (non-hydrogen) atoms. The van der Waals surface area contributed by atoms with E-state index in [9.17, 15) is 0 Å². The van der Waals surface area contributed by atoms with Crippen molar-refractivity contribution in [1.82, 2.24) is 15.5 Å². The van der Waals surface area contributed by atoms with E-state index in [0.717, 1.165) is 13.1 Å². The number of nitrogens with one attached hydrogen (secondary N) is 2. The fourth-order valence-corrected chi connectivity index (χ4v) is 1.63. The van der Waals surface area contributed by atoms with Gasteiger partial charge in [-0.1, -0.05) is 19.9 Å². The largest absolute Gasteiger partial charge is 0.371 e. The third-order valence-electron chi connectivity index (χ3n) is 2.94. The second-order valence-electron chi connectivity index (χ2n) is 4.90. The minimum Gasteiger partial charge on any atom is -0.371 e. The van der Waals surface area contributed by atoms with E-state index in [-0.39, 0.29) is 0 Å². The molecule has 0 saturated heterocycles. The quantitative estimate of drug-likeness (QED) is 0.740. The minimum absolute atomic E-state index is 0.421. The molecule has 0 aliphatic carbocycles. The van der Waals surface area contributed by atoms with Crippen LogP contribution in [0.3, 0.4) is 0 Å². The summed E-state index contributed by atoms with van der Waals surface area (Å²) in [6.07, 6.45) is 4.52. The van der Waals surface area contributed by atoms with E-state index in [0.29, 0.717) is 12.0 Å². The maximum atomic E-state index is 3.50. The molecule has 0 bridgehead atoms. The number of hydrogen-bond donors (Lipinski definition) is 2. The summed E-state index contributed by atoms with van der Waals surface area (Å²) in [5, 5.41) is 6.77. The summed E-state index contributed by atoms with van der Waals surface area (Å²) in [6, 6.07) is 0.421. The molecule has 92 valence electrons. The van der Waals surface area contributed by atoms with Gasteiger partial charge < -0.3 is 15.5 Å². The monoisotopic (exact) mass is 223 g/mol. The van der Waals surface area contributed by atoms with Gasteiger partial charge in [-0.25, -0.2) is 0 Å². The summed E-state index contributed by atoms with van der Waals surface area (Å²) in [5.41, 5.74) is 1.37. The summed E-state index contributed by atoms with van der Waals surface area (Å²) in [4.78, 5) is 2.24. The predicted octanol–water partition coefficient (Wildman–Crippen LogP) is 1.55. The minimum atomic E-state index is 0.421. The number of nitrogens with zero attached hydrogens (tertiary/aromatic N) is 1. The maximum Gasteiger partial charge on any atom is 0.102 e. The van der Waals surface area contributed by atoms with Crippen molar-refractivity contribution < 1.29 is 0 Å². The lowest BCUT2D eigenvalue weighted by atomic mass is 10.1. The molecule has 0 fully saturated rings. The van der Waals surface area contributed by atoms with Crippen LogP contribution >= 0.6 is 0 Å². The van der Waals surface area contributed by atoms with Crippen LogP contribution in [0.4, 0.5) is 0 Å². The van der Waals surface area contributed by atoms with E-state index >= 15 is 0 Å². The number of likely N-dealkylation sites (N-methyl/N-ethyl adjacent to an activating group) is 2. The average Bonchev–Trinajstić information content (AvgIpc) is 2.26. The molecule has 1 atom stereocenters. The molecule has 2 N–H and O–H groups in total. The lowest BCUT2D eigenvalue weighted by Gasteiger charge is -2.29. The van der Waals surface area contributed by atoms with Crippen LogP contribution in [-0.4, -0.2) is 38.1 Å². The highest BCUT2D eigenvalue weighted by Gasteiger charge is 2.13. The van der Waals surface area contributed by atoms with Gasteiger partial charge in [-0.3, -0.25) is 0 Å². The number of hydrogen-bond acceptors (Lipinski definition) is 3. The van der Waals surface area contributed by atoms with Gasteiger partial charge >= 0.3 is 0 Å². The Hall–Kier alpha value is -0.960. The Morgan fingerprint density at radius 3 is 2.62 bits per heavy atom. The fourth-order valence-electron chi connectivity index (χ4n) is 1.63. The zero-order valence-corrected chi connectivity index (χ0v) is 11.2. The van der Waals surface area contributed by atoms with Crippen molar-refractivity contribution in [3.63, 3.8) is 0 Å². The first kappa shape index (κ1) is 13.1. The van der Waals surface area contributed by atoms with E-state index in [1.807, 2.05) is 7.05 Å². The van der Waals surface area contributed by atoms with Crippen molar-refractivity contribution in [3.05, 3.63) is 23.5 Å². The van der Waals surface area contributed by atoms with Crippen molar-refractivity contribution in [2.75, 3.05) is 27.2 Å². The average molecular weight is 223 g/mol. The van der Waals surface area contributed by atoms with Crippen LogP contribution in [0.25, 0.3) is 0 Å². The van der Waals surface area contributed by atoms with Crippen molar-refractivity contribution in [2.45, 2.75) is 26.8 Å². The van der Waals surface area contributed by atoms with Crippen LogP contribution in [0.1, 0.15) is 20.8 Å². The summed E-state index contributed by atoms with van der Waals surface area (Å²) >= 11 is 0. The van der Waals surface area contributed by atoms with Crippen LogP contribution in [0.15, 0.2) is 23.5 Å². The lowest BCUT2D eigenvalue weighted by molar-refractivity contribution is 0.400. The van der Waals surface area contributed by atoms with Gasteiger partial charge in [-0.2, -0.15) is 0 Å². The van der Waals surface area contributed by atoms with E-state index in [1.165, 1.54) is 11.4 Å². The molecule has 1 aliphatic heterocycles. The fraction of sp³-hybridized carbons (Fsp3) is 0.692. The normalized spacial score (nSPS) is 18.2. The summed E-state index contributed by atoms with van der Waals surface area (Å²) < 4.78 is 0. The predicted molar refractivity (Wildman–Crippen MR) is 70.2 cm³/mol. The van der Waals surface area contributed by atoms with Gasteiger partial charge in [0.15, 0.2) is 0 Å². The first-order valence-corrected chi connectivity index (χ1v) is 6.08. The molecule has 1 heterocycles. The lowest BCUT2D eigenvalue weighted by Crippen LogP contribution is -2.35. The van der Waals surface area contributed by atoms with Gasteiger partial charge in [0.1, 0.15) is 5.82 Å². The third-order valence-corrected chi connectivity index (χ3v) is 2.94. The molecule has 0 aromatic carbocycles. The topological polar surface area (TPSA) is 27.3 Å². The van der Waals surface area contributed by atoms with Gasteiger partial charge in [-0.15, -0.1) is 0 Å². The molecular weight excluding hydrogens is 198 g/mol. The highest BCUT2D eigenvalue weighted by Crippen LogP contribution is 2.14. The summed E-state index contributed by atoms with van der Waals surface area (Å²) in [6.45, 7) is 8.65. The summed E-state index contributed by atoms with van der Waals surface area (Å²) in [7, 11) is 4.12. The van der Waals surface area contributed by atoms with Crippen LogP contribution in [0, 0.1) is 5.92 Å². The molecule has 0 saturated carbocycles. The Balaban J connectivity index is 2.65. The molecule has 0 aromatic heterocycles. The van der Waals surface area contributed by atoms with Gasteiger partial charge in [0, 0.05) is 26.2 Å². The highest BCUT2D eigenvalue weighted by molar-refractivity contribution is 5.30. The van der Waals surface area contributed by atoms with Crippen molar-refractivity contribution in [2.24, 2.45) is 5.92 Å². The Morgan fingerprint density at radius 2 is 2.06 bits per heavy atom. The van der Waals surface area contributed by atoms with Gasteiger partial charge in [0.05, 0.1) is 0 Å². The summed E-state index contributed by atoms with van der Waals surface area (Å²) in [5.74, 6) is 1.90. The van der Waals surface area contributed by atoms with E-state index in [2.05, 4.69) is 55.5 Å². The maximum absolute atomic E-state index is 3.50. The molecule has 3 heteroatoms. The smallest absolute Gasteiger partial charge is 0.102 e. The van der Waals surface area contributed by atoms with E-state index in [4.69, 9.17) is 0 Å². The van der Waals surface area contributed by atoms with Gasteiger partial charge in [-0.05, 0) is 31.5 Å². The zero-order valence-electron chi connectivity index (χ0n) is 11.2. The highest BCUT2D eigenvalue weighted by atomic mass is 15.2. The van der Waals surface area contributed by atoms with Crippen LogP contribution < -0.4 is 10.6 Å². The molecule has 3 nitrogen and oxygen atoms in total. The second-order valence-corrected chi connectivity index (χ2v) is 4.90. The molecule has 1 unspecified atom stereocenters. The Labute approximate surface area is 99.6 Å². The van der Waals surface area contributed by atoms with Crippen molar-refractivity contribution >= 4 is 0 Å². The standard InChI is InChI=1S/C13H25N3/c1-10(2)9-15-13-8-12(11(3)14-4)6-7-16(13)5/h6,8,10-11,14-15H,7,9H2,1-5H3. The molecule has 0 radical (unpaired) electrons.